The Morgan fingerprint density at radius 2 is 1.79 bits per heavy atom. The average Bonchev–Trinajstić information content (AvgIpc) is 3.61. The third-order valence-corrected chi connectivity index (χ3v) is 6.65. The van der Waals surface area contributed by atoms with Gasteiger partial charge in [0.15, 0.2) is 5.78 Å². The summed E-state index contributed by atoms with van der Waals surface area (Å²) in [6, 6.07) is 8.85. The van der Waals surface area contributed by atoms with Gasteiger partial charge in [0.2, 0.25) is 0 Å². The summed E-state index contributed by atoms with van der Waals surface area (Å²) in [5, 5.41) is 0. The zero-order valence-corrected chi connectivity index (χ0v) is 21.4. The first kappa shape index (κ1) is 26.3. The lowest BCUT2D eigenvalue weighted by Crippen LogP contribution is -2.18. The van der Waals surface area contributed by atoms with Crippen LogP contribution in [0.4, 0.5) is 13.2 Å². The van der Waals surface area contributed by atoms with Crippen LogP contribution in [0.25, 0.3) is 5.69 Å². The van der Waals surface area contributed by atoms with Crippen LogP contribution in [0.15, 0.2) is 67.6 Å². The van der Waals surface area contributed by atoms with Crippen LogP contribution in [-0.2, 0) is 19.1 Å². The Morgan fingerprint density at radius 3 is 2.54 bits per heavy atom. The Kier molecular flexibility index (Phi) is 7.57. The minimum Gasteiger partial charge on any atom is -0.306 e. The second-order valence-corrected chi connectivity index (χ2v) is 9.65. The van der Waals surface area contributed by atoms with Crippen molar-refractivity contribution in [2.45, 2.75) is 38.9 Å². The lowest BCUT2D eigenvalue weighted by atomic mass is 9.97. The van der Waals surface area contributed by atoms with Gasteiger partial charge in [0.1, 0.15) is 6.33 Å². The van der Waals surface area contributed by atoms with Gasteiger partial charge in [-0.05, 0) is 68.2 Å². The van der Waals surface area contributed by atoms with Crippen molar-refractivity contribution in [2.75, 3.05) is 13.1 Å². The molecule has 39 heavy (non-hydrogen) atoms. The average molecular weight is 530 g/mol. The van der Waals surface area contributed by atoms with Crippen LogP contribution in [0.1, 0.15) is 56.7 Å². The summed E-state index contributed by atoms with van der Waals surface area (Å²) in [4.78, 5) is 27.7. The zero-order chi connectivity index (χ0) is 27.4. The number of hydrogen-bond acceptors (Lipinski definition) is 5. The highest BCUT2D eigenvalue weighted by molar-refractivity contribution is 5.98. The van der Waals surface area contributed by atoms with E-state index < -0.39 is 11.7 Å². The standard InChI is InChI=1S/C30H26F3N5O/c1-21-4-6-25(13-24(21)7-5-22-15-34-19-35-16-22)29(39)12-23-10-26(30(31,32)33)14-28(11-23)38-18-27(36-20-38)17-37-8-2-3-9-37/h4,6,10-11,13-16,18-20H,2-3,8-9,12,17H2,1H3. The fourth-order valence-corrected chi connectivity index (χ4v) is 4.57. The number of Topliss-reactive ketones (excluding diaryl/α,β-unsaturated/α-hetero) is 1. The summed E-state index contributed by atoms with van der Waals surface area (Å²) < 4.78 is 42.9. The molecule has 1 fully saturated rings. The van der Waals surface area contributed by atoms with Crippen LogP contribution in [0, 0.1) is 18.8 Å². The number of aromatic nitrogens is 4. The molecule has 0 aliphatic carbocycles. The number of likely N-dealkylation sites (tertiary alicyclic amines) is 1. The lowest BCUT2D eigenvalue weighted by Gasteiger charge is -2.13. The largest absolute Gasteiger partial charge is 0.416 e. The van der Waals surface area contributed by atoms with Gasteiger partial charge in [-0.25, -0.2) is 15.0 Å². The molecule has 0 N–H and O–H groups in total. The van der Waals surface area contributed by atoms with Gasteiger partial charge in [-0.2, -0.15) is 13.2 Å². The molecule has 0 bridgehead atoms. The third kappa shape index (κ3) is 6.59. The summed E-state index contributed by atoms with van der Waals surface area (Å²) in [6.45, 7) is 4.53. The number of alkyl halides is 3. The first-order chi connectivity index (χ1) is 18.7. The second kappa shape index (κ2) is 11.2. The number of imidazole rings is 1. The molecule has 2 aromatic heterocycles. The normalized spacial score (nSPS) is 13.7. The molecule has 4 aromatic rings. The van der Waals surface area contributed by atoms with Gasteiger partial charge in [0, 0.05) is 48.4 Å². The van der Waals surface area contributed by atoms with E-state index in [2.05, 4.69) is 31.7 Å². The number of carbonyl (C=O) groups is 1. The van der Waals surface area contributed by atoms with Gasteiger partial charge in [0.05, 0.1) is 23.1 Å². The monoisotopic (exact) mass is 529 g/mol. The molecule has 1 aliphatic rings. The van der Waals surface area contributed by atoms with Gasteiger partial charge >= 0.3 is 6.18 Å². The molecule has 2 aromatic carbocycles. The van der Waals surface area contributed by atoms with Crippen molar-refractivity contribution < 1.29 is 18.0 Å². The zero-order valence-electron chi connectivity index (χ0n) is 21.4. The SMILES string of the molecule is Cc1ccc(C(=O)Cc2cc(-n3cnc(CN4CCCC4)c3)cc(C(F)(F)F)c2)cc1C#Cc1cncnc1. The van der Waals surface area contributed by atoms with Crippen LogP contribution >= 0.6 is 0 Å². The highest BCUT2D eigenvalue weighted by Gasteiger charge is 2.31. The molecular weight excluding hydrogens is 503 g/mol. The topological polar surface area (TPSA) is 63.9 Å². The van der Waals surface area contributed by atoms with Crippen molar-refractivity contribution in [3.05, 3.63) is 107 Å². The Labute approximate surface area is 224 Å². The highest BCUT2D eigenvalue weighted by atomic mass is 19.4. The van der Waals surface area contributed by atoms with E-state index >= 15 is 0 Å². The van der Waals surface area contributed by atoms with Gasteiger partial charge in [0.25, 0.3) is 0 Å². The predicted molar refractivity (Wildman–Crippen MR) is 140 cm³/mol. The molecular formula is C30H26F3N5O. The number of benzene rings is 2. The maximum Gasteiger partial charge on any atom is 0.416 e. The molecule has 0 spiro atoms. The molecule has 198 valence electrons. The number of carbonyl (C=O) groups excluding carboxylic acids is 1. The summed E-state index contributed by atoms with van der Waals surface area (Å²) in [6.07, 6.45) is 5.41. The Morgan fingerprint density at radius 1 is 1.03 bits per heavy atom. The van der Waals surface area contributed by atoms with Gasteiger partial charge < -0.3 is 4.57 Å². The van der Waals surface area contributed by atoms with Crippen LogP contribution in [-0.4, -0.2) is 43.3 Å². The maximum absolute atomic E-state index is 13.8. The highest BCUT2D eigenvalue weighted by Crippen LogP contribution is 2.32. The predicted octanol–water partition coefficient (Wildman–Crippen LogP) is 5.41. The Bertz CT molecular complexity index is 1540. The number of hydrogen-bond donors (Lipinski definition) is 0. The van der Waals surface area contributed by atoms with Crippen molar-refractivity contribution in [3.63, 3.8) is 0 Å². The van der Waals surface area contributed by atoms with Crippen molar-refractivity contribution in [3.8, 4) is 17.5 Å². The third-order valence-electron chi connectivity index (χ3n) is 6.65. The van der Waals surface area contributed by atoms with Crippen LogP contribution in [0.2, 0.25) is 0 Å². The number of ketones is 1. The minimum atomic E-state index is -4.56. The van der Waals surface area contributed by atoms with Crippen LogP contribution in [0.3, 0.4) is 0 Å². The smallest absolute Gasteiger partial charge is 0.306 e. The second-order valence-electron chi connectivity index (χ2n) is 9.65. The molecule has 9 heteroatoms. The molecule has 5 rings (SSSR count). The maximum atomic E-state index is 13.8. The van der Waals surface area contributed by atoms with E-state index in [0.29, 0.717) is 28.9 Å². The molecule has 0 atom stereocenters. The first-order valence-electron chi connectivity index (χ1n) is 12.6. The molecule has 0 saturated carbocycles. The quantitative estimate of drug-likeness (QED) is 0.247. The number of rotatable bonds is 6. The summed E-state index contributed by atoms with van der Waals surface area (Å²) >= 11 is 0. The molecule has 1 saturated heterocycles. The summed E-state index contributed by atoms with van der Waals surface area (Å²) in [5.74, 6) is 5.70. The first-order valence-corrected chi connectivity index (χ1v) is 12.6. The summed E-state index contributed by atoms with van der Waals surface area (Å²) in [7, 11) is 0. The van der Waals surface area contributed by atoms with Gasteiger partial charge in [-0.1, -0.05) is 24.0 Å². The Balaban J connectivity index is 1.40. The van der Waals surface area contributed by atoms with E-state index in [1.54, 1.807) is 47.4 Å². The van der Waals surface area contributed by atoms with Crippen molar-refractivity contribution in [2.24, 2.45) is 0 Å². The number of aryl methyl sites for hydroxylation is 1. The van der Waals surface area contributed by atoms with E-state index in [9.17, 15) is 18.0 Å². The van der Waals surface area contributed by atoms with Crippen LogP contribution < -0.4 is 0 Å². The van der Waals surface area contributed by atoms with E-state index in [0.717, 1.165) is 49.3 Å². The van der Waals surface area contributed by atoms with Gasteiger partial charge in [-0.15, -0.1) is 0 Å². The van der Waals surface area contributed by atoms with Crippen LogP contribution in [0.5, 0.6) is 0 Å². The fraction of sp³-hybridized carbons (Fsp3) is 0.267. The molecule has 0 unspecified atom stereocenters. The van der Waals surface area contributed by atoms with Crippen molar-refractivity contribution in [1.29, 1.82) is 0 Å². The molecule has 1 aliphatic heterocycles. The lowest BCUT2D eigenvalue weighted by molar-refractivity contribution is -0.137. The van der Waals surface area contributed by atoms with Gasteiger partial charge in [-0.3, -0.25) is 9.69 Å². The van der Waals surface area contributed by atoms with E-state index in [1.807, 2.05) is 6.92 Å². The van der Waals surface area contributed by atoms with Crippen molar-refractivity contribution >= 4 is 5.78 Å². The molecule has 0 radical (unpaired) electrons. The number of halogens is 3. The molecule has 0 amide bonds. The van der Waals surface area contributed by atoms with E-state index in [-0.39, 0.29) is 17.8 Å². The molecule has 3 heterocycles. The van der Waals surface area contributed by atoms with E-state index in [4.69, 9.17) is 0 Å². The fourth-order valence-electron chi connectivity index (χ4n) is 4.57. The van der Waals surface area contributed by atoms with E-state index in [1.165, 1.54) is 12.7 Å². The van der Waals surface area contributed by atoms with Crippen molar-refractivity contribution in [1.82, 2.24) is 24.4 Å². The molecule has 6 nitrogen and oxygen atoms in total. The number of nitrogens with zero attached hydrogens (tertiary/aromatic N) is 5. The minimum absolute atomic E-state index is 0.186. The Hall–Kier alpha value is -4.29. The summed E-state index contributed by atoms with van der Waals surface area (Å²) in [5.41, 5.74) is 3.11.